The van der Waals surface area contributed by atoms with Crippen LogP contribution in [0.25, 0.3) is 0 Å². The molecule has 0 radical (unpaired) electrons. The lowest BCUT2D eigenvalue weighted by molar-refractivity contribution is -0.135. The Kier molecular flexibility index (Phi) is 15.6. The van der Waals surface area contributed by atoms with Gasteiger partial charge in [-0.05, 0) is 67.5 Å². The number of rotatable bonds is 20. The molecule has 0 saturated carbocycles. The summed E-state index contributed by atoms with van der Waals surface area (Å²) in [4.78, 5) is 22.2. The highest BCUT2D eigenvalue weighted by molar-refractivity contribution is 5.79. The zero-order valence-electron chi connectivity index (χ0n) is 22.5. The lowest BCUT2D eigenvalue weighted by Gasteiger charge is -2.14. The number of phenols is 1. The first-order chi connectivity index (χ1) is 18.9. The summed E-state index contributed by atoms with van der Waals surface area (Å²) in [6.45, 7) is 2.36. The number of aryl methyl sites for hydroxylation is 1. The summed E-state index contributed by atoms with van der Waals surface area (Å²) in [6, 6.07) is 12.2. The van der Waals surface area contributed by atoms with E-state index in [1.165, 1.54) is 6.07 Å². The number of unbranched alkanes of at least 4 members (excludes halogenated alkanes) is 4. The van der Waals surface area contributed by atoms with E-state index in [2.05, 4.69) is 16.0 Å². The first-order valence-electron chi connectivity index (χ1n) is 13.6. The molecule has 0 unspecified atom stereocenters. The number of aromatic hydroxyl groups is 1. The Morgan fingerprint density at radius 2 is 1.59 bits per heavy atom. The summed E-state index contributed by atoms with van der Waals surface area (Å²) in [6.07, 6.45) is 6.32. The number of ether oxygens (including phenoxy) is 1. The molecule has 2 rings (SSSR count). The van der Waals surface area contributed by atoms with Gasteiger partial charge in [-0.25, -0.2) is 4.79 Å². The number of aliphatic carboxylic acids is 1. The van der Waals surface area contributed by atoms with Crippen LogP contribution >= 0.6 is 0 Å². The first-order valence-corrected chi connectivity index (χ1v) is 13.6. The third kappa shape index (κ3) is 13.4. The van der Waals surface area contributed by atoms with Crippen molar-refractivity contribution in [2.75, 3.05) is 32.8 Å². The van der Waals surface area contributed by atoms with Gasteiger partial charge in [0, 0.05) is 31.9 Å². The van der Waals surface area contributed by atoms with Crippen molar-refractivity contribution in [1.29, 1.82) is 0 Å². The summed E-state index contributed by atoms with van der Waals surface area (Å²) >= 11 is 0. The molecule has 7 N–H and O–H groups in total. The summed E-state index contributed by atoms with van der Waals surface area (Å²) in [5, 5.41) is 46.0. The fraction of sp³-hybridized carbons (Fsp3) is 0.517. The standard InChI is InChI=1S/C29H43N3O7/c33-21-25-17-23(12-13-26(25)34)27(35)19-30-14-6-1-2-7-15-39-16-8-5-10-22-9-3-4-11-24(22)18-31-29(38)32-20-28(36)37/h3-4,9,11-13,17,27,30,33-35H,1-2,5-8,10,14-16,18-21H2,(H,36,37)(H2,31,32,38)/t27-/m0/s1. The van der Waals surface area contributed by atoms with Crippen molar-refractivity contribution in [2.24, 2.45) is 0 Å². The largest absolute Gasteiger partial charge is 0.508 e. The quantitative estimate of drug-likeness (QED) is 0.125. The first kappa shape index (κ1) is 32.0. The third-order valence-electron chi connectivity index (χ3n) is 6.33. The number of nitrogens with one attached hydrogen (secondary N) is 3. The van der Waals surface area contributed by atoms with Gasteiger partial charge in [0.25, 0.3) is 0 Å². The molecule has 0 bridgehead atoms. The Hall–Kier alpha value is -3.18. The lowest BCUT2D eigenvalue weighted by atomic mass is 10.0. The predicted molar refractivity (Wildman–Crippen MR) is 148 cm³/mol. The van der Waals surface area contributed by atoms with Crippen molar-refractivity contribution in [2.45, 2.75) is 64.2 Å². The van der Waals surface area contributed by atoms with Crippen LogP contribution < -0.4 is 16.0 Å². The van der Waals surface area contributed by atoms with E-state index < -0.39 is 24.6 Å². The van der Waals surface area contributed by atoms with E-state index in [-0.39, 0.29) is 12.4 Å². The predicted octanol–water partition coefficient (Wildman–Crippen LogP) is 2.99. The Labute approximate surface area is 230 Å². The summed E-state index contributed by atoms with van der Waals surface area (Å²) in [7, 11) is 0. The van der Waals surface area contributed by atoms with Gasteiger partial charge >= 0.3 is 12.0 Å². The van der Waals surface area contributed by atoms with E-state index in [4.69, 9.17) is 9.84 Å². The van der Waals surface area contributed by atoms with Gasteiger partial charge in [-0.15, -0.1) is 0 Å². The minimum Gasteiger partial charge on any atom is -0.508 e. The zero-order valence-corrected chi connectivity index (χ0v) is 22.5. The molecular weight excluding hydrogens is 502 g/mol. The van der Waals surface area contributed by atoms with Crippen LogP contribution in [0.3, 0.4) is 0 Å². The summed E-state index contributed by atoms with van der Waals surface area (Å²) < 4.78 is 5.76. The van der Waals surface area contributed by atoms with E-state index in [0.717, 1.165) is 69.2 Å². The molecule has 1 atom stereocenters. The van der Waals surface area contributed by atoms with Gasteiger partial charge in [0.2, 0.25) is 0 Å². The lowest BCUT2D eigenvalue weighted by Crippen LogP contribution is -2.38. The van der Waals surface area contributed by atoms with Gasteiger partial charge in [0.05, 0.1) is 12.7 Å². The molecule has 0 aliphatic rings. The second-order valence-corrected chi connectivity index (χ2v) is 9.45. The van der Waals surface area contributed by atoms with E-state index in [0.29, 0.717) is 30.8 Å². The molecule has 2 amide bonds. The average Bonchev–Trinajstić information content (AvgIpc) is 2.93. The van der Waals surface area contributed by atoms with Gasteiger partial charge in [-0.3, -0.25) is 4.79 Å². The molecule has 0 saturated heterocycles. The van der Waals surface area contributed by atoms with Crippen molar-refractivity contribution in [3.63, 3.8) is 0 Å². The minimum atomic E-state index is -1.08. The van der Waals surface area contributed by atoms with Gasteiger partial charge in [0.1, 0.15) is 12.3 Å². The molecular formula is C29H43N3O7. The highest BCUT2D eigenvalue weighted by atomic mass is 16.5. The normalized spacial score (nSPS) is 11.7. The number of hydrogen-bond donors (Lipinski definition) is 7. The van der Waals surface area contributed by atoms with E-state index in [1.807, 2.05) is 24.3 Å². The van der Waals surface area contributed by atoms with Crippen molar-refractivity contribution in [3.05, 3.63) is 64.7 Å². The molecule has 39 heavy (non-hydrogen) atoms. The molecule has 0 fully saturated rings. The van der Waals surface area contributed by atoms with Gasteiger partial charge in [0.15, 0.2) is 0 Å². The number of benzene rings is 2. The number of aliphatic hydroxyl groups excluding tert-OH is 2. The fourth-order valence-corrected chi connectivity index (χ4v) is 4.09. The molecule has 0 aliphatic heterocycles. The zero-order chi connectivity index (χ0) is 28.3. The molecule has 0 aromatic heterocycles. The maximum Gasteiger partial charge on any atom is 0.323 e. The van der Waals surface area contributed by atoms with Gasteiger partial charge in [-0.1, -0.05) is 43.2 Å². The van der Waals surface area contributed by atoms with Crippen LogP contribution in [0.2, 0.25) is 0 Å². The molecule has 2 aromatic carbocycles. The van der Waals surface area contributed by atoms with Crippen LogP contribution in [-0.2, 0) is 29.1 Å². The Bertz CT molecular complexity index is 1000. The van der Waals surface area contributed by atoms with E-state index >= 15 is 0 Å². The molecule has 2 aromatic rings. The summed E-state index contributed by atoms with van der Waals surface area (Å²) in [5.74, 6) is -1.05. The number of aliphatic hydroxyl groups is 2. The number of carboxylic acids is 1. The van der Waals surface area contributed by atoms with Crippen molar-refractivity contribution < 1.29 is 34.8 Å². The second kappa shape index (κ2) is 19.0. The second-order valence-electron chi connectivity index (χ2n) is 9.45. The van der Waals surface area contributed by atoms with Crippen LogP contribution in [0.1, 0.15) is 66.9 Å². The SMILES string of the molecule is O=C(O)CNC(=O)NCc1ccccc1CCCCOCCCCCCNC[C@H](O)c1ccc(O)c(CO)c1. The monoisotopic (exact) mass is 545 g/mol. The van der Waals surface area contributed by atoms with Crippen LogP contribution in [0.15, 0.2) is 42.5 Å². The van der Waals surface area contributed by atoms with Crippen LogP contribution in [0, 0.1) is 0 Å². The maximum atomic E-state index is 11.7. The highest BCUT2D eigenvalue weighted by Gasteiger charge is 2.10. The molecule has 10 nitrogen and oxygen atoms in total. The smallest absolute Gasteiger partial charge is 0.323 e. The molecule has 0 heterocycles. The van der Waals surface area contributed by atoms with Crippen LogP contribution in [0.4, 0.5) is 4.79 Å². The van der Waals surface area contributed by atoms with Gasteiger partial charge < -0.3 is 41.1 Å². The molecule has 0 aliphatic carbocycles. The number of urea groups is 1. The molecule has 216 valence electrons. The Morgan fingerprint density at radius 3 is 2.33 bits per heavy atom. The number of carbonyl (C=O) groups excluding carboxylic acids is 1. The molecule has 0 spiro atoms. The Morgan fingerprint density at radius 1 is 0.872 bits per heavy atom. The van der Waals surface area contributed by atoms with Crippen LogP contribution in [0.5, 0.6) is 5.75 Å². The summed E-state index contributed by atoms with van der Waals surface area (Å²) in [5.41, 5.74) is 3.26. The van der Waals surface area contributed by atoms with Crippen LogP contribution in [-0.4, -0.2) is 65.3 Å². The number of amides is 2. The highest BCUT2D eigenvalue weighted by Crippen LogP contribution is 2.22. The van der Waals surface area contributed by atoms with Crippen molar-refractivity contribution >= 4 is 12.0 Å². The number of hydrogen-bond acceptors (Lipinski definition) is 7. The van der Waals surface area contributed by atoms with E-state index in [1.54, 1.807) is 12.1 Å². The number of carboxylic acid groups (broad SMARTS) is 1. The topological polar surface area (TPSA) is 160 Å². The average molecular weight is 546 g/mol. The van der Waals surface area contributed by atoms with Crippen molar-refractivity contribution in [1.82, 2.24) is 16.0 Å². The third-order valence-corrected chi connectivity index (χ3v) is 6.33. The molecule has 10 heteroatoms. The Balaban J connectivity index is 1.46. The van der Waals surface area contributed by atoms with Crippen molar-refractivity contribution in [3.8, 4) is 5.75 Å². The minimum absolute atomic E-state index is 0.0291. The fourth-order valence-electron chi connectivity index (χ4n) is 4.09. The maximum absolute atomic E-state index is 11.7. The van der Waals surface area contributed by atoms with Gasteiger partial charge in [-0.2, -0.15) is 0 Å². The number of carbonyl (C=O) groups is 2. The van der Waals surface area contributed by atoms with E-state index in [9.17, 15) is 24.9 Å².